The number of amides is 1. The van der Waals surface area contributed by atoms with Gasteiger partial charge in [-0.3, -0.25) is 4.79 Å². The Kier molecular flexibility index (Phi) is 5.69. The van der Waals surface area contributed by atoms with Crippen LogP contribution in [0.15, 0.2) is 72.9 Å². The second kappa shape index (κ2) is 8.58. The number of carbonyl (C=O) groups excluding carboxylic acids is 1. The number of anilines is 1. The van der Waals surface area contributed by atoms with Gasteiger partial charge in [-0.05, 0) is 55.0 Å². The van der Waals surface area contributed by atoms with E-state index in [2.05, 4.69) is 9.82 Å². The average Bonchev–Trinajstić information content (AvgIpc) is 3.33. The van der Waals surface area contributed by atoms with Crippen LogP contribution >= 0.6 is 0 Å². The van der Waals surface area contributed by atoms with Crippen molar-refractivity contribution >= 4 is 32.5 Å². The lowest BCUT2D eigenvalue weighted by atomic mass is 9.94. The highest BCUT2D eigenvalue weighted by Crippen LogP contribution is 2.41. The van der Waals surface area contributed by atoms with Crippen molar-refractivity contribution in [3.8, 4) is 5.69 Å². The van der Waals surface area contributed by atoms with Gasteiger partial charge in [0.05, 0.1) is 41.7 Å². The minimum absolute atomic E-state index is 0.164. The van der Waals surface area contributed by atoms with Crippen LogP contribution in [0.5, 0.6) is 0 Å². The normalized spacial score (nSPS) is 20.6. The third-order valence-corrected chi connectivity index (χ3v) is 7.12. The van der Waals surface area contributed by atoms with Gasteiger partial charge in [0.15, 0.2) is 0 Å². The number of fused-ring (bicyclic) bond motifs is 1. The number of aromatic nitrogens is 2. The number of benzene rings is 3. The number of nitrogens with zero attached hydrogens (tertiary/aromatic N) is 3. The summed E-state index contributed by atoms with van der Waals surface area (Å²) in [4.78, 5) is 15.2. The van der Waals surface area contributed by atoms with Crippen LogP contribution in [-0.4, -0.2) is 36.4 Å². The van der Waals surface area contributed by atoms with E-state index in [4.69, 9.17) is 0 Å². The van der Waals surface area contributed by atoms with Crippen molar-refractivity contribution in [3.05, 3.63) is 89.9 Å². The molecule has 1 amide bonds. The Labute approximate surface area is 203 Å². The van der Waals surface area contributed by atoms with Crippen molar-refractivity contribution in [1.29, 1.82) is 0 Å². The molecule has 0 saturated carbocycles. The molecule has 1 aliphatic heterocycles. The lowest BCUT2D eigenvalue weighted by Crippen LogP contribution is -2.41. The summed E-state index contributed by atoms with van der Waals surface area (Å²) in [5.41, 5.74) is 4.04. The van der Waals surface area contributed by atoms with E-state index in [-0.39, 0.29) is 11.7 Å². The van der Waals surface area contributed by atoms with E-state index in [0.717, 1.165) is 34.0 Å². The number of hydrogen-bond acceptors (Lipinski definition) is 4. The molecule has 1 aromatic heterocycles. The fourth-order valence-electron chi connectivity index (χ4n) is 4.81. The van der Waals surface area contributed by atoms with Crippen molar-refractivity contribution in [1.82, 2.24) is 14.5 Å². The van der Waals surface area contributed by atoms with E-state index < -0.39 is 28.0 Å². The molecule has 1 unspecified atom stereocenters. The van der Waals surface area contributed by atoms with E-state index >= 15 is 0 Å². The molecule has 0 radical (unpaired) electrons. The van der Waals surface area contributed by atoms with Gasteiger partial charge in [0.2, 0.25) is 15.9 Å². The van der Waals surface area contributed by atoms with Crippen molar-refractivity contribution in [2.45, 2.75) is 25.9 Å². The first-order valence-electron chi connectivity index (χ1n) is 11.2. The van der Waals surface area contributed by atoms with E-state index in [0.29, 0.717) is 5.69 Å². The molecule has 3 atom stereocenters. The van der Waals surface area contributed by atoms with Gasteiger partial charge in [0.25, 0.3) is 0 Å². The van der Waals surface area contributed by atoms with Crippen LogP contribution < -0.4 is 9.62 Å². The Bertz CT molecular complexity index is 1530. The summed E-state index contributed by atoms with van der Waals surface area (Å²) in [5.74, 6) is -1.05. The SMILES string of the molecule is Cc1cccc([C@@H]2[C@@H](NS(C)(=O)=O)C(C)C(=O)N2c2ccc3c(cnn3-c3ccc(F)cc3)c2)c1. The fourth-order valence-corrected chi connectivity index (χ4v) is 5.64. The molecule has 1 aliphatic rings. The van der Waals surface area contributed by atoms with Crippen LogP contribution in [-0.2, 0) is 14.8 Å². The molecule has 2 heterocycles. The summed E-state index contributed by atoms with van der Waals surface area (Å²) in [7, 11) is -3.55. The van der Waals surface area contributed by atoms with Gasteiger partial charge in [0, 0.05) is 11.1 Å². The maximum atomic E-state index is 13.5. The number of nitrogens with one attached hydrogen (secondary N) is 1. The van der Waals surface area contributed by atoms with Gasteiger partial charge in [0.1, 0.15) is 5.82 Å². The summed E-state index contributed by atoms with van der Waals surface area (Å²) < 4.78 is 42.1. The fraction of sp³-hybridized carbons (Fsp3) is 0.231. The molecule has 180 valence electrons. The number of hydrogen-bond donors (Lipinski definition) is 1. The van der Waals surface area contributed by atoms with Gasteiger partial charge < -0.3 is 4.90 Å². The maximum Gasteiger partial charge on any atom is 0.232 e. The summed E-state index contributed by atoms with van der Waals surface area (Å²) in [6.07, 6.45) is 2.80. The molecule has 0 bridgehead atoms. The Morgan fingerprint density at radius 1 is 1.00 bits per heavy atom. The van der Waals surface area contributed by atoms with Crippen molar-refractivity contribution < 1.29 is 17.6 Å². The molecule has 1 fully saturated rings. The molecule has 1 saturated heterocycles. The zero-order valence-corrected chi connectivity index (χ0v) is 20.3. The summed E-state index contributed by atoms with van der Waals surface area (Å²) in [6.45, 7) is 3.71. The molecule has 1 N–H and O–H groups in total. The minimum Gasteiger partial charge on any atom is -0.303 e. The molecule has 9 heteroatoms. The van der Waals surface area contributed by atoms with Crippen molar-refractivity contribution in [3.63, 3.8) is 0 Å². The standard InChI is InChI=1S/C26H25FN4O3S/c1-16-5-4-6-18(13-16)25-24(29-35(3,33)34)17(2)26(32)30(25)22-11-12-23-19(14-22)15-28-31(23)21-9-7-20(27)8-10-21/h4-15,17,24-25,29H,1-3H3/t17?,24-,25+/m0/s1. The lowest BCUT2D eigenvalue weighted by molar-refractivity contribution is -0.120. The van der Waals surface area contributed by atoms with Gasteiger partial charge in [-0.25, -0.2) is 22.2 Å². The van der Waals surface area contributed by atoms with Gasteiger partial charge in [-0.15, -0.1) is 0 Å². The van der Waals surface area contributed by atoms with E-state index in [9.17, 15) is 17.6 Å². The third kappa shape index (κ3) is 4.33. The van der Waals surface area contributed by atoms with Gasteiger partial charge >= 0.3 is 0 Å². The van der Waals surface area contributed by atoms with Crippen LogP contribution in [0.25, 0.3) is 16.6 Å². The van der Waals surface area contributed by atoms with Crippen LogP contribution in [0, 0.1) is 18.7 Å². The Morgan fingerprint density at radius 2 is 1.71 bits per heavy atom. The van der Waals surface area contributed by atoms with Crippen molar-refractivity contribution in [2.24, 2.45) is 5.92 Å². The van der Waals surface area contributed by atoms with Crippen LogP contribution in [0.3, 0.4) is 0 Å². The number of halogens is 1. The molecule has 3 aromatic carbocycles. The quantitative estimate of drug-likeness (QED) is 0.454. The zero-order chi connectivity index (χ0) is 24.9. The first-order chi connectivity index (χ1) is 16.6. The Balaban J connectivity index is 1.61. The van der Waals surface area contributed by atoms with E-state index in [1.807, 2.05) is 49.4 Å². The van der Waals surface area contributed by atoms with Crippen LogP contribution in [0.2, 0.25) is 0 Å². The second-order valence-electron chi connectivity index (χ2n) is 9.05. The van der Waals surface area contributed by atoms with Gasteiger partial charge in [-0.1, -0.05) is 36.8 Å². The van der Waals surface area contributed by atoms with Crippen molar-refractivity contribution in [2.75, 3.05) is 11.2 Å². The molecule has 0 spiro atoms. The predicted octanol–water partition coefficient (Wildman–Crippen LogP) is 4.11. The average molecular weight is 493 g/mol. The minimum atomic E-state index is -3.55. The third-order valence-electron chi connectivity index (χ3n) is 6.42. The molecule has 4 aromatic rings. The van der Waals surface area contributed by atoms with Crippen LogP contribution in [0.1, 0.15) is 24.1 Å². The lowest BCUT2D eigenvalue weighted by Gasteiger charge is -2.29. The zero-order valence-electron chi connectivity index (χ0n) is 19.5. The highest BCUT2D eigenvalue weighted by atomic mass is 32.2. The first kappa shape index (κ1) is 23.2. The molecule has 5 rings (SSSR count). The molecular formula is C26H25FN4O3S. The molecule has 0 aliphatic carbocycles. The molecule has 7 nitrogen and oxygen atoms in total. The number of sulfonamides is 1. The topological polar surface area (TPSA) is 84.3 Å². The first-order valence-corrected chi connectivity index (χ1v) is 13.1. The monoisotopic (exact) mass is 492 g/mol. The van der Waals surface area contributed by atoms with Crippen LogP contribution in [0.4, 0.5) is 10.1 Å². The second-order valence-corrected chi connectivity index (χ2v) is 10.8. The number of rotatable bonds is 5. The van der Waals surface area contributed by atoms with E-state index in [1.165, 1.54) is 12.1 Å². The maximum absolute atomic E-state index is 13.5. The smallest absolute Gasteiger partial charge is 0.232 e. The summed E-state index contributed by atoms with van der Waals surface area (Å²) in [6, 6.07) is 18.2. The Morgan fingerprint density at radius 3 is 2.40 bits per heavy atom. The summed E-state index contributed by atoms with van der Waals surface area (Å²) in [5, 5.41) is 5.25. The van der Waals surface area contributed by atoms with E-state index in [1.54, 1.807) is 34.8 Å². The highest BCUT2D eigenvalue weighted by molar-refractivity contribution is 7.88. The predicted molar refractivity (Wildman–Crippen MR) is 133 cm³/mol. The summed E-state index contributed by atoms with van der Waals surface area (Å²) >= 11 is 0. The largest absolute Gasteiger partial charge is 0.303 e. The Hall–Kier alpha value is -3.56. The highest BCUT2D eigenvalue weighted by Gasteiger charge is 2.48. The van der Waals surface area contributed by atoms with Gasteiger partial charge in [-0.2, -0.15) is 5.10 Å². The molecule has 35 heavy (non-hydrogen) atoms. The number of aryl methyl sites for hydroxylation is 1. The molecular weight excluding hydrogens is 467 g/mol. The number of carbonyl (C=O) groups is 1.